The van der Waals surface area contributed by atoms with Gasteiger partial charge in [0.15, 0.2) is 5.13 Å². The number of carbonyl (C=O) groups is 1. The molecule has 0 radical (unpaired) electrons. The highest BCUT2D eigenvalue weighted by Crippen LogP contribution is 2.24. The van der Waals surface area contributed by atoms with Gasteiger partial charge in [0.05, 0.1) is 0 Å². The van der Waals surface area contributed by atoms with Gasteiger partial charge >= 0.3 is 0 Å². The number of rotatable bonds is 2. The van der Waals surface area contributed by atoms with Crippen LogP contribution >= 0.6 is 11.3 Å². The lowest BCUT2D eigenvalue weighted by Crippen LogP contribution is -2.20. The van der Waals surface area contributed by atoms with Crippen LogP contribution in [-0.4, -0.2) is 31.0 Å². The van der Waals surface area contributed by atoms with Gasteiger partial charge in [-0.1, -0.05) is 0 Å². The lowest BCUT2D eigenvalue weighted by molar-refractivity contribution is 0.0959. The summed E-state index contributed by atoms with van der Waals surface area (Å²) in [7, 11) is 1.62. The van der Waals surface area contributed by atoms with Gasteiger partial charge in [0.25, 0.3) is 5.91 Å². The molecular weight excluding hydrogens is 198 g/mol. The van der Waals surface area contributed by atoms with Gasteiger partial charge in [-0.05, 0) is 12.8 Å². The van der Waals surface area contributed by atoms with Crippen molar-refractivity contribution >= 4 is 22.4 Å². The van der Waals surface area contributed by atoms with E-state index < -0.39 is 0 Å². The first kappa shape index (κ1) is 9.45. The Kier molecular flexibility index (Phi) is 2.67. The van der Waals surface area contributed by atoms with Crippen LogP contribution in [0.4, 0.5) is 5.13 Å². The lowest BCUT2D eigenvalue weighted by Gasteiger charge is -2.11. The molecule has 0 unspecified atom stereocenters. The summed E-state index contributed by atoms with van der Waals surface area (Å²) in [5.74, 6) is -0.105. The van der Waals surface area contributed by atoms with Gasteiger partial charge in [0.2, 0.25) is 0 Å². The average Bonchev–Trinajstić information content (AvgIpc) is 2.86. The molecule has 1 saturated heterocycles. The second kappa shape index (κ2) is 3.96. The molecule has 4 nitrogen and oxygen atoms in total. The van der Waals surface area contributed by atoms with Gasteiger partial charge in [-0.25, -0.2) is 4.98 Å². The first-order chi connectivity index (χ1) is 6.81. The van der Waals surface area contributed by atoms with Crippen molar-refractivity contribution in [3.05, 3.63) is 11.1 Å². The van der Waals surface area contributed by atoms with Crippen LogP contribution in [0.25, 0.3) is 0 Å². The fraction of sp³-hybridized carbons (Fsp3) is 0.556. The van der Waals surface area contributed by atoms with Crippen LogP contribution < -0.4 is 10.2 Å². The summed E-state index contributed by atoms with van der Waals surface area (Å²) in [6.45, 7) is 2.14. The molecule has 1 aromatic rings. The van der Waals surface area contributed by atoms with Crippen molar-refractivity contribution in [3.8, 4) is 0 Å². The third-order valence-corrected chi connectivity index (χ3v) is 3.23. The molecule has 2 rings (SSSR count). The van der Waals surface area contributed by atoms with Crippen molar-refractivity contribution < 1.29 is 4.79 Å². The van der Waals surface area contributed by atoms with E-state index in [0.717, 1.165) is 18.2 Å². The highest BCUT2D eigenvalue weighted by molar-refractivity contribution is 7.13. The van der Waals surface area contributed by atoms with Crippen molar-refractivity contribution in [2.75, 3.05) is 25.0 Å². The van der Waals surface area contributed by atoms with E-state index >= 15 is 0 Å². The fourth-order valence-electron chi connectivity index (χ4n) is 1.55. The first-order valence-corrected chi connectivity index (χ1v) is 5.62. The predicted octanol–water partition coefficient (Wildman–Crippen LogP) is 1.10. The monoisotopic (exact) mass is 211 g/mol. The largest absolute Gasteiger partial charge is 0.354 e. The standard InChI is InChI=1S/C9H13N3OS/c1-10-8(13)7-6-14-9(11-7)12-4-2-3-5-12/h6H,2-5H2,1H3,(H,10,13). The topological polar surface area (TPSA) is 45.2 Å². The molecule has 1 aliphatic rings. The molecule has 0 aliphatic carbocycles. The number of anilines is 1. The molecule has 1 aromatic heterocycles. The molecule has 1 N–H and O–H groups in total. The molecule has 0 spiro atoms. The molecule has 5 heteroatoms. The smallest absolute Gasteiger partial charge is 0.270 e. The number of nitrogens with one attached hydrogen (secondary N) is 1. The van der Waals surface area contributed by atoms with E-state index in [2.05, 4.69) is 15.2 Å². The van der Waals surface area contributed by atoms with Crippen LogP contribution in [0.3, 0.4) is 0 Å². The molecule has 0 aromatic carbocycles. The molecule has 0 saturated carbocycles. The zero-order valence-corrected chi connectivity index (χ0v) is 8.93. The van der Waals surface area contributed by atoms with E-state index in [4.69, 9.17) is 0 Å². The summed E-state index contributed by atoms with van der Waals surface area (Å²) in [5.41, 5.74) is 0.527. The van der Waals surface area contributed by atoms with Crippen LogP contribution in [0.5, 0.6) is 0 Å². The Balaban J connectivity index is 2.12. The summed E-state index contributed by atoms with van der Waals surface area (Å²) in [5, 5.41) is 5.36. The summed E-state index contributed by atoms with van der Waals surface area (Å²) in [4.78, 5) is 17.8. The Bertz CT molecular complexity index is 331. The molecule has 1 amide bonds. The zero-order valence-electron chi connectivity index (χ0n) is 8.12. The van der Waals surface area contributed by atoms with E-state index in [1.807, 2.05) is 5.38 Å². The van der Waals surface area contributed by atoms with Crippen molar-refractivity contribution in [1.29, 1.82) is 0 Å². The summed E-state index contributed by atoms with van der Waals surface area (Å²) in [6, 6.07) is 0. The lowest BCUT2D eigenvalue weighted by atomic mass is 10.4. The minimum Gasteiger partial charge on any atom is -0.354 e. The zero-order chi connectivity index (χ0) is 9.97. The second-order valence-electron chi connectivity index (χ2n) is 3.29. The highest BCUT2D eigenvalue weighted by Gasteiger charge is 2.17. The van der Waals surface area contributed by atoms with Crippen molar-refractivity contribution in [3.63, 3.8) is 0 Å². The van der Waals surface area contributed by atoms with E-state index in [9.17, 15) is 4.79 Å². The van der Waals surface area contributed by atoms with Crippen molar-refractivity contribution in [2.24, 2.45) is 0 Å². The van der Waals surface area contributed by atoms with Crippen LogP contribution in [-0.2, 0) is 0 Å². The Hall–Kier alpha value is -1.10. The van der Waals surface area contributed by atoms with E-state index in [1.165, 1.54) is 12.8 Å². The molecule has 1 fully saturated rings. The summed E-state index contributed by atoms with van der Waals surface area (Å²) in [6.07, 6.45) is 2.46. The van der Waals surface area contributed by atoms with E-state index in [-0.39, 0.29) is 5.91 Å². The summed E-state index contributed by atoms with van der Waals surface area (Å²) >= 11 is 1.54. The first-order valence-electron chi connectivity index (χ1n) is 4.74. The van der Waals surface area contributed by atoms with Gasteiger partial charge in [-0.2, -0.15) is 0 Å². The maximum atomic E-state index is 11.3. The number of amides is 1. The Labute approximate surface area is 86.9 Å². The number of carbonyl (C=O) groups excluding carboxylic acids is 1. The fourth-order valence-corrected chi connectivity index (χ4v) is 2.41. The molecule has 2 heterocycles. The summed E-state index contributed by atoms with van der Waals surface area (Å²) < 4.78 is 0. The number of hydrogen-bond acceptors (Lipinski definition) is 4. The Morgan fingerprint density at radius 2 is 2.29 bits per heavy atom. The highest BCUT2D eigenvalue weighted by atomic mass is 32.1. The van der Waals surface area contributed by atoms with Crippen molar-refractivity contribution in [1.82, 2.24) is 10.3 Å². The number of hydrogen-bond donors (Lipinski definition) is 1. The number of thiazole rings is 1. The normalized spacial score (nSPS) is 15.9. The van der Waals surface area contributed by atoms with Crippen LogP contribution in [0.1, 0.15) is 23.3 Å². The number of aromatic nitrogens is 1. The molecule has 76 valence electrons. The third kappa shape index (κ3) is 1.72. The minimum absolute atomic E-state index is 0.105. The average molecular weight is 211 g/mol. The van der Waals surface area contributed by atoms with E-state index in [0.29, 0.717) is 5.69 Å². The molecule has 0 atom stereocenters. The third-order valence-electron chi connectivity index (χ3n) is 2.33. The minimum atomic E-state index is -0.105. The van der Waals surface area contributed by atoms with Crippen LogP contribution in [0.15, 0.2) is 5.38 Å². The van der Waals surface area contributed by atoms with Crippen molar-refractivity contribution in [2.45, 2.75) is 12.8 Å². The molecule has 14 heavy (non-hydrogen) atoms. The van der Waals surface area contributed by atoms with Gasteiger partial charge in [0, 0.05) is 25.5 Å². The SMILES string of the molecule is CNC(=O)c1csc(N2CCCC2)n1. The predicted molar refractivity (Wildman–Crippen MR) is 57.0 cm³/mol. The maximum absolute atomic E-state index is 11.3. The molecule has 1 aliphatic heterocycles. The quantitative estimate of drug-likeness (QED) is 0.797. The van der Waals surface area contributed by atoms with Gasteiger partial charge < -0.3 is 10.2 Å². The van der Waals surface area contributed by atoms with Crippen LogP contribution in [0, 0.1) is 0 Å². The second-order valence-corrected chi connectivity index (χ2v) is 4.13. The molecular formula is C9H13N3OS. The van der Waals surface area contributed by atoms with Gasteiger partial charge in [0.1, 0.15) is 5.69 Å². The number of nitrogens with zero attached hydrogens (tertiary/aromatic N) is 2. The molecule has 0 bridgehead atoms. The maximum Gasteiger partial charge on any atom is 0.270 e. The van der Waals surface area contributed by atoms with Crippen LogP contribution in [0.2, 0.25) is 0 Å². The Morgan fingerprint density at radius 3 is 2.93 bits per heavy atom. The Morgan fingerprint density at radius 1 is 1.57 bits per heavy atom. The van der Waals surface area contributed by atoms with E-state index in [1.54, 1.807) is 18.4 Å². The van der Waals surface area contributed by atoms with Gasteiger partial charge in [-0.15, -0.1) is 11.3 Å². The van der Waals surface area contributed by atoms with Gasteiger partial charge in [-0.3, -0.25) is 4.79 Å².